The van der Waals surface area contributed by atoms with E-state index in [-0.39, 0.29) is 23.1 Å². The third kappa shape index (κ3) is 5.61. The Morgan fingerprint density at radius 1 is 1.07 bits per heavy atom. The molecule has 1 saturated heterocycles. The number of amides is 1. The number of carbonyl (C=O) groups excluding carboxylic acids is 1. The maximum atomic E-state index is 15.3. The summed E-state index contributed by atoms with van der Waals surface area (Å²) in [5.41, 5.74) is 1.33. The van der Waals surface area contributed by atoms with E-state index in [1.165, 1.54) is 23.9 Å². The van der Waals surface area contributed by atoms with Gasteiger partial charge in [0.25, 0.3) is 11.5 Å². The summed E-state index contributed by atoms with van der Waals surface area (Å²) in [7, 11) is 3.24. The second-order valence-electron chi connectivity index (χ2n) is 10.4. The first-order valence-corrected chi connectivity index (χ1v) is 14.2. The lowest BCUT2D eigenvalue weighted by Crippen LogP contribution is -2.25. The zero-order chi connectivity index (χ0) is 30.8. The summed E-state index contributed by atoms with van der Waals surface area (Å²) in [5, 5.41) is 3.23. The van der Waals surface area contributed by atoms with Gasteiger partial charge in [0.05, 0.1) is 30.1 Å². The average molecular weight is 599 g/mol. The molecule has 0 spiro atoms. The second-order valence-corrected chi connectivity index (χ2v) is 10.4. The van der Waals surface area contributed by atoms with E-state index >= 15 is 4.39 Å². The predicted molar refractivity (Wildman–Crippen MR) is 163 cm³/mol. The number of benzene rings is 3. The number of rotatable bonds is 9. The van der Waals surface area contributed by atoms with Gasteiger partial charge in [0.15, 0.2) is 23.1 Å². The molecule has 1 aliphatic rings. The number of methoxy groups -OCH3 is 1. The van der Waals surface area contributed by atoms with Crippen molar-refractivity contribution in [1.29, 1.82) is 0 Å². The van der Waals surface area contributed by atoms with Crippen LogP contribution in [0.5, 0.6) is 23.0 Å². The van der Waals surface area contributed by atoms with Gasteiger partial charge in [-0.05, 0) is 56.2 Å². The van der Waals surface area contributed by atoms with Crippen molar-refractivity contribution in [3.8, 4) is 28.7 Å². The van der Waals surface area contributed by atoms with Crippen LogP contribution in [0.2, 0.25) is 0 Å². The van der Waals surface area contributed by atoms with Crippen molar-refractivity contribution in [3.05, 3.63) is 100 Å². The Hall–Kier alpha value is -5.16. The number of anilines is 1. The molecule has 1 fully saturated rings. The number of ether oxygens (including phenoxy) is 4. The molecule has 10 nitrogen and oxygen atoms in total. The van der Waals surface area contributed by atoms with Crippen molar-refractivity contribution in [2.24, 2.45) is 7.05 Å². The van der Waals surface area contributed by atoms with Gasteiger partial charge in [0.2, 0.25) is 0 Å². The van der Waals surface area contributed by atoms with Gasteiger partial charge in [-0.2, -0.15) is 0 Å². The number of para-hydroxylation sites is 1. The molecule has 1 atom stereocenters. The molecule has 1 unspecified atom stereocenters. The summed E-state index contributed by atoms with van der Waals surface area (Å²) in [6.07, 6.45) is 3.56. The van der Waals surface area contributed by atoms with Crippen molar-refractivity contribution in [2.45, 2.75) is 25.9 Å². The molecule has 0 saturated carbocycles. The Kier molecular flexibility index (Phi) is 8.03. The molecule has 1 aliphatic heterocycles. The molecule has 11 heteroatoms. The molecule has 2 aromatic heterocycles. The van der Waals surface area contributed by atoms with Crippen LogP contribution < -0.4 is 25.1 Å². The molecule has 1 N–H and O–H groups in total. The second kappa shape index (κ2) is 12.2. The van der Waals surface area contributed by atoms with Gasteiger partial charge in [-0.25, -0.2) is 9.07 Å². The van der Waals surface area contributed by atoms with Crippen LogP contribution in [-0.2, 0) is 11.8 Å². The maximum absolute atomic E-state index is 15.3. The normalized spacial score (nSPS) is 14.5. The van der Waals surface area contributed by atoms with Crippen molar-refractivity contribution >= 4 is 22.5 Å². The smallest absolute Gasteiger partial charge is 0.284 e. The molecule has 6 rings (SSSR count). The van der Waals surface area contributed by atoms with E-state index < -0.39 is 17.3 Å². The van der Waals surface area contributed by atoms with E-state index in [1.807, 2.05) is 6.07 Å². The van der Waals surface area contributed by atoms with E-state index in [9.17, 15) is 9.59 Å². The Balaban J connectivity index is 1.21. The highest BCUT2D eigenvalue weighted by Crippen LogP contribution is 2.38. The van der Waals surface area contributed by atoms with Gasteiger partial charge in [-0.1, -0.05) is 18.2 Å². The molecule has 44 heavy (non-hydrogen) atoms. The number of carbonyl (C=O) groups is 1. The molecule has 3 aromatic carbocycles. The van der Waals surface area contributed by atoms with Gasteiger partial charge < -0.3 is 24.3 Å². The minimum Gasteiger partial charge on any atom is -0.493 e. The lowest BCUT2D eigenvalue weighted by Gasteiger charge is -2.16. The molecule has 226 valence electrons. The van der Waals surface area contributed by atoms with Crippen molar-refractivity contribution in [3.63, 3.8) is 0 Å². The zero-order valence-corrected chi connectivity index (χ0v) is 24.5. The fourth-order valence-corrected chi connectivity index (χ4v) is 5.25. The molecule has 1 amide bonds. The van der Waals surface area contributed by atoms with E-state index in [2.05, 4.69) is 10.3 Å². The van der Waals surface area contributed by atoms with E-state index in [4.69, 9.17) is 18.9 Å². The molecule has 5 aromatic rings. The van der Waals surface area contributed by atoms with E-state index in [0.717, 1.165) is 25.5 Å². The Morgan fingerprint density at radius 2 is 1.89 bits per heavy atom. The third-order valence-electron chi connectivity index (χ3n) is 7.63. The number of pyridine rings is 1. The van der Waals surface area contributed by atoms with Crippen molar-refractivity contribution in [1.82, 2.24) is 14.3 Å². The fraction of sp³-hybridized carbons (Fsp3) is 0.242. The molecule has 3 heterocycles. The summed E-state index contributed by atoms with van der Waals surface area (Å²) < 4.78 is 41.4. The lowest BCUT2D eigenvalue weighted by atomic mass is 10.1. The van der Waals surface area contributed by atoms with E-state index in [0.29, 0.717) is 46.1 Å². The Labute approximate surface area is 252 Å². The highest BCUT2D eigenvalue weighted by atomic mass is 19.1. The third-order valence-corrected chi connectivity index (χ3v) is 7.63. The number of fused-ring (bicyclic) bond motifs is 1. The highest BCUT2D eigenvalue weighted by Gasteiger charge is 2.23. The number of hydrogen-bond donors (Lipinski definition) is 1. The lowest BCUT2D eigenvalue weighted by molar-refractivity contribution is 0.0670. The largest absolute Gasteiger partial charge is 0.493 e. The van der Waals surface area contributed by atoms with E-state index in [1.54, 1.807) is 67.3 Å². The molecular formula is C33H31FN4O6. The first-order chi connectivity index (χ1) is 21.3. The summed E-state index contributed by atoms with van der Waals surface area (Å²) >= 11 is 0. The van der Waals surface area contributed by atoms with Crippen LogP contribution in [0.3, 0.4) is 0 Å². The van der Waals surface area contributed by atoms with Crippen LogP contribution in [0.15, 0.2) is 77.7 Å². The topological polar surface area (TPSA) is 106 Å². The highest BCUT2D eigenvalue weighted by molar-refractivity contribution is 6.05. The summed E-state index contributed by atoms with van der Waals surface area (Å²) in [6.45, 7) is 2.82. The standard InChI is InChI=1S/C33H31FN4O6/c1-20-31(33(40)38(37(20)2)22-8-5-4-6-9-22)32(39)36-21-11-12-28(25(34)16-21)44-27-13-14-35-26-18-30(29(41-3)17-24(26)27)43-19-23-10-7-15-42-23/h4-6,8-9,11-14,16-18,23H,7,10,15,19H2,1-3H3,(H,36,39). The number of aromatic nitrogens is 3. The molecular weight excluding hydrogens is 567 g/mol. The molecule has 0 aliphatic carbocycles. The van der Waals surface area contributed by atoms with Crippen LogP contribution >= 0.6 is 0 Å². The minimum absolute atomic E-state index is 0.0339. The average Bonchev–Trinajstić information content (AvgIpc) is 3.63. The van der Waals surface area contributed by atoms with Crippen LogP contribution in [0.25, 0.3) is 16.6 Å². The maximum Gasteiger partial charge on any atom is 0.284 e. The summed E-state index contributed by atoms with van der Waals surface area (Å²) in [6, 6.07) is 18.2. The fourth-order valence-electron chi connectivity index (χ4n) is 5.25. The molecule has 0 radical (unpaired) electrons. The van der Waals surface area contributed by atoms with Crippen molar-refractivity contribution < 1.29 is 28.1 Å². The van der Waals surface area contributed by atoms with Gasteiger partial charge in [0.1, 0.15) is 17.9 Å². The minimum atomic E-state index is -0.706. The van der Waals surface area contributed by atoms with Gasteiger partial charge in [-0.15, -0.1) is 0 Å². The Bertz CT molecular complexity index is 1900. The number of halogens is 1. The quantitative estimate of drug-likeness (QED) is 0.229. The van der Waals surface area contributed by atoms with Crippen LogP contribution in [0.4, 0.5) is 10.1 Å². The number of nitrogens with one attached hydrogen (secondary N) is 1. The first kappa shape index (κ1) is 28.9. The number of nitrogens with zero attached hydrogens (tertiary/aromatic N) is 3. The number of hydrogen-bond acceptors (Lipinski definition) is 7. The van der Waals surface area contributed by atoms with Gasteiger partial charge in [-0.3, -0.25) is 19.3 Å². The SMILES string of the molecule is COc1cc2c(Oc3ccc(NC(=O)c4c(C)n(C)n(-c5ccccc5)c4=O)cc3F)ccnc2cc1OCC1CCCO1. The van der Waals surface area contributed by atoms with Crippen LogP contribution in [-0.4, -0.2) is 46.7 Å². The van der Waals surface area contributed by atoms with Crippen LogP contribution in [0.1, 0.15) is 28.9 Å². The Morgan fingerprint density at radius 3 is 2.61 bits per heavy atom. The van der Waals surface area contributed by atoms with Crippen LogP contribution in [0, 0.1) is 12.7 Å². The first-order valence-electron chi connectivity index (χ1n) is 14.2. The summed E-state index contributed by atoms with van der Waals surface area (Å²) in [5.74, 6) is -0.0464. The monoisotopic (exact) mass is 598 g/mol. The van der Waals surface area contributed by atoms with Gasteiger partial charge >= 0.3 is 0 Å². The van der Waals surface area contributed by atoms with Gasteiger partial charge in [0, 0.05) is 43.1 Å². The van der Waals surface area contributed by atoms with Crippen molar-refractivity contribution in [2.75, 3.05) is 25.6 Å². The molecule has 0 bridgehead atoms. The summed E-state index contributed by atoms with van der Waals surface area (Å²) in [4.78, 5) is 30.8. The predicted octanol–water partition coefficient (Wildman–Crippen LogP) is 5.78. The zero-order valence-electron chi connectivity index (χ0n) is 24.5.